The van der Waals surface area contributed by atoms with Crippen molar-refractivity contribution in [3.8, 4) is 0 Å². The molecule has 1 aliphatic heterocycles. The Labute approximate surface area is 162 Å². The fourth-order valence-corrected chi connectivity index (χ4v) is 5.31. The van der Waals surface area contributed by atoms with Gasteiger partial charge in [0, 0.05) is 18.8 Å². The summed E-state index contributed by atoms with van der Waals surface area (Å²) in [6.07, 6.45) is 0. The van der Waals surface area contributed by atoms with E-state index >= 15 is 0 Å². The van der Waals surface area contributed by atoms with Gasteiger partial charge in [0.1, 0.15) is 0 Å². The van der Waals surface area contributed by atoms with Gasteiger partial charge in [-0.2, -0.15) is 0 Å². The minimum Gasteiger partial charge on any atom is -0.378 e. The predicted molar refractivity (Wildman–Crippen MR) is 110 cm³/mol. The van der Waals surface area contributed by atoms with Crippen molar-refractivity contribution in [1.82, 2.24) is 0 Å². The number of aryl methyl sites for hydroxylation is 3. The first-order chi connectivity index (χ1) is 12.7. The molecule has 1 aliphatic rings. The highest BCUT2D eigenvalue weighted by atomic mass is 32.2. The molecule has 3 rings (SSSR count). The second-order valence-corrected chi connectivity index (χ2v) is 8.91. The number of benzene rings is 2. The Kier molecular flexibility index (Phi) is 5.49. The van der Waals surface area contributed by atoms with E-state index in [2.05, 4.69) is 9.62 Å². The molecule has 0 atom stereocenters. The van der Waals surface area contributed by atoms with Gasteiger partial charge in [-0.25, -0.2) is 8.42 Å². The van der Waals surface area contributed by atoms with E-state index in [0.29, 0.717) is 10.6 Å². The van der Waals surface area contributed by atoms with Gasteiger partial charge < -0.3 is 9.64 Å². The Hall–Kier alpha value is -2.05. The Morgan fingerprint density at radius 1 is 0.889 bits per heavy atom. The number of morpholine rings is 1. The number of sulfonamides is 1. The van der Waals surface area contributed by atoms with E-state index in [0.717, 1.165) is 59.8 Å². The van der Waals surface area contributed by atoms with E-state index in [1.54, 1.807) is 0 Å². The SMILES string of the molecule is Cc1cc(N2CCOCC2)ccc1NS(=O)(=O)c1c(C)c(C)cc(C)c1C. The molecule has 1 fully saturated rings. The summed E-state index contributed by atoms with van der Waals surface area (Å²) in [5, 5.41) is 0. The van der Waals surface area contributed by atoms with Crippen LogP contribution in [0.15, 0.2) is 29.2 Å². The lowest BCUT2D eigenvalue weighted by Gasteiger charge is -2.29. The summed E-state index contributed by atoms with van der Waals surface area (Å²) in [5.74, 6) is 0. The molecule has 0 aromatic heterocycles. The van der Waals surface area contributed by atoms with Crippen molar-refractivity contribution >= 4 is 21.4 Å². The summed E-state index contributed by atoms with van der Waals surface area (Å²) in [6.45, 7) is 12.7. The number of ether oxygens (including phenoxy) is 1. The Morgan fingerprint density at radius 3 is 2.04 bits per heavy atom. The molecule has 6 heteroatoms. The third-order valence-corrected chi connectivity index (χ3v) is 7.03. The Balaban J connectivity index is 1.93. The van der Waals surface area contributed by atoms with Crippen molar-refractivity contribution in [3.05, 3.63) is 52.1 Å². The van der Waals surface area contributed by atoms with Gasteiger partial charge in [-0.3, -0.25) is 4.72 Å². The van der Waals surface area contributed by atoms with Crippen molar-refractivity contribution in [2.45, 2.75) is 39.5 Å². The van der Waals surface area contributed by atoms with E-state index < -0.39 is 10.0 Å². The summed E-state index contributed by atoms with van der Waals surface area (Å²) < 4.78 is 34.5. The molecule has 5 nitrogen and oxygen atoms in total. The van der Waals surface area contributed by atoms with Crippen molar-refractivity contribution in [2.24, 2.45) is 0 Å². The number of hydrogen-bond donors (Lipinski definition) is 1. The largest absolute Gasteiger partial charge is 0.378 e. The second-order valence-electron chi connectivity index (χ2n) is 7.29. The van der Waals surface area contributed by atoms with Crippen LogP contribution in [0.25, 0.3) is 0 Å². The van der Waals surface area contributed by atoms with Crippen LogP contribution in [0.1, 0.15) is 27.8 Å². The van der Waals surface area contributed by atoms with Gasteiger partial charge in [0.25, 0.3) is 10.0 Å². The highest BCUT2D eigenvalue weighted by molar-refractivity contribution is 7.92. The highest BCUT2D eigenvalue weighted by Crippen LogP contribution is 2.30. The smallest absolute Gasteiger partial charge is 0.262 e. The maximum Gasteiger partial charge on any atom is 0.262 e. The minimum atomic E-state index is -3.66. The summed E-state index contributed by atoms with van der Waals surface area (Å²) in [5.41, 5.74) is 6.18. The molecule has 0 saturated carbocycles. The average Bonchev–Trinajstić information content (AvgIpc) is 2.62. The van der Waals surface area contributed by atoms with Crippen LogP contribution < -0.4 is 9.62 Å². The molecule has 1 saturated heterocycles. The molecule has 0 aliphatic carbocycles. The number of hydrogen-bond acceptors (Lipinski definition) is 4. The molecule has 2 aromatic rings. The van der Waals surface area contributed by atoms with E-state index in [9.17, 15) is 8.42 Å². The van der Waals surface area contributed by atoms with E-state index in [4.69, 9.17) is 4.74 Å². The van der Waals surface area contributed by atoms with E-state index in [1.807, 2.05) is 58.9 Å². The first-order valence-electron chi connectivity index (χ1n) is 9.24. The molecule has 0 bridgehead atoms. The standard InChI is InChI=1S/C21H28N2O3S/c1-14-12-15(2)18(5)21(17(14)4)27(24,25)22-20-7-6-19(13-16(20)3)23-8-10-26-11-9-23/h6-7,12-13,22H,8-11H2,1-5H3. The van der Waals surface area contributed by atoms with Crippen molar-refractivity contribution in [1.29, 1.82) is 0 Å². The quantitative estimate of drug-likeness (QED) is 0.864. The minimum absolute atomic E-state index is 0.386. The topological polar surface area (TPSA) is 58.6 Å². The van der Waals surface area contributed by atoms with E-state index in [-0.39, 0.29) is 0 Å². The average molecular weight is 389 g/mol. The molecule has 27 heavy (non-hydrogen) atoms. The molecule has 0 unspecified atom stereocenters. The molecule has 0 radical (unpaired) electrons. The molecule has 0 spiro atoms. The number of anilines is 2. The van der Waals surface area contributed by atoms with Gasteiger partial charge in [-0.1, -0.05) is 6.07 Å². The number of rotatable bonds is 4. The third kappa shape index (κ3) is 3.96. The Bertz CT molecular complexity index is 936. The van der Waals surface area contributed by atoms with Crippen LogP contribution in [0.3, 0.4) is 0 Å². The van der Waals surface area contributed by atoms with Crippen LogP contribution in [-0.2, 0) is 14.8 Å². The molecular weight excluding hydrogens is 360 g/mol. The molecule has 146 valence electrons. The summed E-state index contributed by atoms with van der Waals surface area (Å²) in [6, 6.07) is 7.89. The van der Waals surface area contributed by atoms with Crippen molar-refractivity contribution in [2.75, 3.05) is 35.9 Å². The summed E-state index contributed by atoms with van der Waals surface area (Å²) >= 11 is 0. The lowest BCUT2D eigenvalue weighted by Crippen LogP contribution is -2.36. The fraction of sp³-hybridized carbons (Fsp3) is 0.429. The van der Waals surface area contributed by atoms with Gasteiger partial charge in [0.05, 0.1) is 23.8 Å². The molecular formula is C21H28N2O3S. The maximum absolute atomic E-state index is 13.1. The van der Waals surface area contributed by atoms with Gasteiger partial charge in [0.2, 0.25) is 0 Å². The molecule has 2 aromatic carbocycles. The molecule has 1 heterocycles. The maximum atomic E-state index is 13.1. The van der Waals surface area contributed by atoms with Crippen LogP contribution in [0.5, 0.6) is 0 Å². The highest BCUT2D eigenvalue weighted by Gasteiger charge is 2.23. The monoisotopic (exact) mass is 388 g/mol. The summed E-state index contributed by atoms with van der Waals surface area (Å²) in [4.78, 5) is 2.64. The van der Waals surface area contributed by atoms with Gasteiger partial charge in [0.15, 0.2) is 0 Å². The van der Waals surface area contributed by atoms with Crippen LogP contribution in [-0.4, -0.2) is 34.7 Å². The molecule has 1 N–H and O–H groups in total. The van der Waals surface area contributed by atoms with Crippen LogP contribution >= 0.6 is 0 Å². The lowest BCUT2D eigenvalue weighted by molar-refractivity contribution is 0.122. The first-order valence-corrected chi connectivity index (χ1v) is 10.7. The zero-order chi connectivity index (χ0) is 19.8. The number of nitrogens with zero attached hydrogens (tertiary/aromatic N) is 1. The van der Waals surface area contributed by atoms with Gasteiger partial charge in [-0.05, 0) is 80.6 Å². The van der Waals surface area contributed by atoms with Gasteiger partial charge in [-0.15, -0.1) is 0 Å². The zero-order valence-electron chi connectivity index (χ0n) is 16.7. The van der Waals surface area contributed by atoms with Crippen molar-refractivity contribution < 1.29 is 13.2 Å². The van der Waals surface area contributed by atoms with Crippen LogP contribution in [0, 0.1) is 34.6 Å². The fourth-order valence-electron chi connectivity index (χ4n) is 3.56. The second kappa shape index (κ2) is 7.52. The predicted octanol–water partition coefficient (Wildman–Crippen LogP) is 3.87. The summed E-state index contributed by atoms with van der Waals surface area (Å²) in [7, 11) is -3.66. The van der Waals surface area contributed by atoms with E-state index in [1.165, 1.54) is 0 Å². The normalized spacial score (nSPS) is 15.1. The first kappa shape index (κ1) is 19.7. The van der Waals surface area contributed by atoms with Crippen LogP contribution in [0.2, 0.25) is 0 Å². The molecule has 0 amide bonds. The van der Waals surface area contributed by atoms with Gasteiger partial charge >= 0.3 is 0 Å². The van der Waals surface area contributed by atoms with Crippen molar-refractivity contribution in [3.63, 3.8) is 0 Å². The Morgan fingerprint density at radius 2 is 1.48 bits per heavy atom. The zero-order valence-corrected chi connectivity index (χ0v) is 17.5. The number of nitrogens with one attached hydrogen (secondary N) is 1. The third-order valence-electron chi connectivity index (χ3n) is 5.40. The lowest BCUT2D eigenvalue weighted by atomic mass is 10.0. The van der Waals surface area contributed by atoms with Crippen LogP contribution in [0.4, 0.5) is 11.4 Å².